The third-order valence-electron chi connectivity index (χ3n) is 5.23. The van der Waals surface area contributed by atoms with Gasteiger partial charge in [-0.3, -0.25) is 4.68 Å². The largest absolute Gasteiger partial charge is 0.346 e. The predicted octanol–water partition coefficient (Wildman–Crippen LogP) is 4.51. The highest BCUT2D eigenvalue weighted by Crippen LogP contribution is 2.33. The molecule has 1 aromatic carbocycles. The molecule has 124 valence electrons. The molecule has 0 amide bonds. The minimum atomic E-state index is 0.931. The molecule has 0 saturated heterocycles. The van der Waals surface area contributed by atoms with E-state index in [1.165, 1.54) is 47.9 Å². The monoisotopic (exact) mass is 328 g/mol. The lowest BCUT2D eigenvalue weighted by molar-refractivity contribution is 0.686. The summed E-state index contributed by atoms with van der Waals surface area (Å²) in [6.45, 7) is 0. The van der Waals surface area contributed by atoms with Gasteiger partial charge in [0.15, 0.2) is 0 Å². The van der Waals surface area contributed by atoms with Gasteiger partial charge < -0.3 is 4.98 Å². The van der Waals surface area contributed by atoms with E-state index in [9.17, 15) is 0 Å². The molecule has 1 N–H and O–H groups in total. The zero-order valence-electron chi connectivity index (χ0n) is 14.3. The van der Waals surface area contributed by atoms with Gasteiger partial charge in [0.25, 0.3) is 0 Å². The van der Waals surface area contributed by atoms with Crippen LogP contribution in [0.25, 0.3) is 33.3 Å². The Balaban J connectivity index is 1.64. The summed E-state index contributed by atoms with van der Waals surface area (Å²) in [5.74, 6) is 0. The number of aryl methyl sites for hydroxylation is 3. The zero-order chi connectivity index (χ0) is 16.8. The van der Waals surface area contributed by atoms with E-state index >= 15 is 0 Å². The Bertz CT molecular complexity index is 1070. The highest BCUT2D eigenvalue weighted by molar-refractivity contribution is 5.95. The van der Waals surface area contributed by atoms with Crippen LogP contribution in [0.5, 0.6) is 0 Å². The molecule has 0 atom stereocenters. The number of hydrogen-bond acceptors (Lipinski definition) is 2. The molecule has 0 spiro atoms. The van der Waals surface area contributed by atoms with Gasteiger partial charge in [-0.2, -0.15) is 5.10 Å². The summed E-state index contributed by atoms with van der Waals surface area (Å²) in [5, 5.41) is 5.43. The molecule has 25 heavy (non-hydrogen) atoms. The second kappa shape index (κ2) is 5.59. The van der Waals surface area contributed by atoms with E-state index in [-0.39, 0.29) is 0 Å². The van der Waals surface area contributed by atoms with E-state index in [0.29, 0.717) is 0 Å². The van der Waals surface area contributed by atoms with Crippen LogP contribution in [0.4, 0.5) is 0 Å². The van der Waals surface area contributed by atoms with Crippen LogP contribution in [0.2, 0.25) is 0 Å². The molecule has 3 aromatic heterocycles. The van der Waals surface area contributed by atoms with E-state index in [0.717, 1.165) is 22.2 Å². The van der Waals surface area contributed by atoms with Gasteiger partial charge in [0.1, 0.15) is 5.65 Å². The first-order valence-electron chi connectivity index (χ1n) is 8.86. The van der Waals surface area contributed by atoms with Crippen LogP contribution in [0.3, 0.4) is 0 Å². The summed E-state index contributed by atoms with van der Waals surface area (Å²) >= 11 is 0. The normalized spacial score (nSPS) is 14.0. The molecule has 4 nitrogen and oxygen atoms in total. The summed E-state index contributed by atoms with van der Waals surface area (Å²) in [4.78, 5) is 7.93. The van der Waals surface area contributed by atoms with Crippen molar-refractivity contribution in [3.63, 3.8) is 0 Å². The lowest BCUT2D eigenvalue weighted by atomic mass is 9.89. The molecule has 0 radical (unpaired) electrons. The number of aromatic amines is 1. The summed E-state index contributed by atoms with van der Waals surface area (Å²) in [7, 11) is 1.93. The maximum absolute atomic E-state index is 4.61. The van der Waals surface area contributed by atoms with E-state index in [4.69, 9.17) is 0 Å². The van der Waals surface area contributed by atoms with Crippen LogP contribution in [-0.4, -0.2) is 19.7 Å². The zero-order valence-corrected chi connectivity index (χ0v) is 14.3. The van der Waals surface area contributed by atoms with Gasteiger partial charge in [-0.1, -0.05) is 18.2 Å². The molecular weight excluding hydrogens is 308 g/mol. The van der Waals surface area contributed by atoms with Crippen LogP contribution in [0.1, 0.15) is 24.0 Å². The SMILES string of the molecule is Cn1cc(-c2cnc3[nH]cc(-c4ccc5c(c4)CCCC5)c3c2)cn1. The number of benzene rings is 1. The van der Waals surface area contributed by atoms with Gasteiger partial charge in [-0.05, 0) is 48.4 Å². The third-order valence-corrected chi connectivity index (χ3v) is 5.23. The molecule has 0 fully saturated rings. The lowest BCUT2D eigenvalue weighted by Crippen LogP contribution is -2.02. The van der Waals surface area contributed by atoms with Gasteiger partial charge in [0, 0.05) is 47.7 Å². The van der Waals surface area contributed by atoms with Crippen molar-refractivity contribution in [3.05, 3.63) is 60.2 Å². The van der Waals surface area contributed by atoms with Gasteiger partial charge in [-0.15, -0.1) is 0 Å². The number of pyridine rings is 1. The Morgan fingerprint density at radius 2 is 1.84 bits per heavy atom. The fraction of sp³-hybridized carbons (Fsp3) is 0.238. The van der Waals surface area contributed by atoms with Crippen molar-refractivity contribution in [1.29, 1.82) is 0 Å². The average molecular weight is 328 g/mol. The number of rotatable bonds is 2. The number of nitrogens with zero attached hydrogens (tertiary/aromatic N) is 3. The van der Waals surface area contributed by atoms with Crippen molar-refractivity contribution in [2.45, 2.75) is 25.7 Å². The van der Waals surface area contributed by atoms with Crippen molar-refractivity contribution in [2.75, 3.05) is 0 Å². The van der Waals surface area contributed by atoms with Gasteiger partial charge in [-0.25, -0.2) is 4.98 Å². The van der Waals surface area contributed by atoms with Crippen LogP contribution in [0.15, 0.2) is 49.1 Å². The topological polar surface area (TPSA) is 46.5 Å². The average Bonchev–Trinajstić information content (AvgIpc) is 3.27. The quantitative estimate of drug-likeness (QED) is 0.588. The number of fused-ring (bicyclic) bond motifs is 2. The summed E-state index contributed by atoms with van der Waals surface area (Å²) in [6.07, 6.45) is 12.9. The number of hydrogen-bond donors (Lipinski definition) is 1. The molecule has 5 rings (SSSR count). The number of aromatic nitrogens is 4. The Labute approximate surface area is 146 Å². The molecule has 4 aromatic rings. The van der Waals surface area contributed by atoms with Crippen molar-refractivity contribution >= 4 is 11.0 Å². The van der Waals surface area contributed by atoms with Crippen LogP contribution < -0.4 is 0 Å². The number of H-pyrrole nitrogens is 1. The van der Waals surface area contributed by atoms with Crippen molar-refractivity contribution in [2.24, 2.45) is 7.05 Å². The van der Waals surface area contributed by atoms with Crippen LogP contribution in [-0.2, 0) is 19.9 Å². The first-order valence-corrected chi connectivity index (χ1v) is 8.86. The molecule has 4 heteroatoms. The van der Waals surface area contributed by atoms with Gasteiger partial charge in [0.2, 0.25) is 0 Å². The predicted molar refractivity (Wildman–Crippen MR) is 100 cm³/mol. The Morgan fingerprint density at radius 1 is 0.960 bits per heavy atom. The highest BCUT2D eigenvalue weighted by Gasteiger charge is 2.13. The fourth-order valence-electron chi connectivity index (χ4n) is 3.87. The Morgan fingerprint density at radius 3 is 2.68 bits per heavy atom. The van der Waals surface area contributed by atoms with E-state index in [2.05, 4.69) is 45.5 Å². The Kier molecular flexibility index (Phi) is 3.23. The molecule has 0 saturated carbocycles. The summed E-state index contributed by atoms with van der Waals surface area (Å²) < 4.78 is 1.82. The molecular formula is C21H20N4. The molecule has 0 aliphatic heterocycles. The second-order valence-corrected chi connectivity index (χ2v) is 6.92. The minimum Gasteiger partial charge on any atom is -0.346 e. The molecule has 3 heterocycles. The summed E-state index contributed by atoms with van der Waals surface area (Å²) in [6, 6.07) is 9.14. The standard InChI is InChI=1S/C21H20N4/c1-25-13-18(11-24-25)17-9-19-20(12-23-21(19)22-10-17)16-7-6-14-4-2-3-5-15(14)8-16/h6-13H,2-5H2,1H3,(H,22,23). The van der Waals surface area contributed by atoms with Crippen molar-refractivity contribution in [1.82, 2.24) is 19.7 Å². The van der Waals surface area contributed by atoms with E-state index in [1.54, 1.807) is 0 Å². The maximum Gasteiger partial charge on any atom is 0.137 e. The minimum absolute atomic E-state index is 0.931. The van der Waals surface area contributed by atoms with Crippen LogP contribution in [0, 0.1) is 0 Å². The molecule has 1 aliphatic rings. The smallest absolute Gasteiger partial charge is 0.137 e. The van der Waals surface area contributed by atoms with Crippen molar-refractivity contribution < 1.29 is 0 Å². The second-order valence-electron chi connectivity index (χ2n) is 6.92. The van der Waals surface area contributed by atoms with Gasteiger partial charge >= 0.3 is 0 Å². The first-order chi connectivity index (χ1) is 12.3. The number of nitrogens with one attached hydrogen (secondary N) is 1. The molecule has 1 aliphatic carbocycles. The highest BCUT2D eigenvalue weighted by atomic mass is 15.2. The summed E-state index contributed by atoms with van der Waals surface area (Å²) in [5.41, 5.74) is 8.64. The van der Waals surface area contributed by atoms with E-state index in [1.807, 2.05) is 30.3 Å². The Hall–Kier alpha value is -2.88. The molecule has 0 bridgehead atoms. The van der Waals surface area contributed by atoms with Gasteiger partial charge in [0.05, 0.1) is 6.20 Å². The lowest BCUT2D eigenvalue weighted by Gasteiger charge is -2.16. The van der Waals surface area contributed by atoms with Crippen LogP contribution >= 0.6 is 0 Å². The maximum atomic E-state index is 4.61. The first kappa shape index (κ1) is 14.5. The third kappa shape index (κ3) is 2.45. The van der Waals surface area contributed by atoms with Crippen molar-refractivity contribution in [3.8, 4) is 22.3 Å². The molecule has 0 unspecified atom stereocenters. The van der Waals surface area contributed by atoms with E-state index < -0.39 is 0 Å². The fourth-order valence-corrected chi connectivity index (χ4v) is 3.87.